The van der Waals surface area contributed by atoms with Crippen molar-refractivity contribution in [1.29, 1.82) is 0 Å². The first-order valence-corrected chi connectivity index (χ1v) is 26.6. The summed E-state index contributed by atoms with van der Waals surface area (Å²) in [6.07, 6.45) is 8.62. The fraction of sp³-hybridized carbons (Fsp3) is 0.480. The normalized spacial score (nSPS) is 17.8. The van der Waals surface area contributed by atoms with Gasteiger partial charge in [-0.3, -0.25) is 9.36 Å². The van der Waals surface area contributed by atoms with Gasteiger partial charge in [0.25, 0.3) is 13.9 Å². The molecule has 0 unspecified atom stereocenters. The number of carbonyl (C=O) groups excluding carboxylic acids is 1. The molecule has 1 amide bonds. The van der Waals surface area contributed by atoms with Gasteiger partial charge in [0.05, 0.1) is 22.4 Å². The summed E-state index contributed by atoms with van der Waals surface area (Å²) in [5, 5.41) is 3.13. The first kappa shape index (κ1) is 47.6. The SMILES string of the molecule is Cc1cc(S(=O)(=O)CCCOC2CCC(CO[Si](c3ccccc3)(c3ccccc3)C(C)(C)C)CC2)ccc1N(C(=O)OC(C)(C)C)c1ncc2cc(Cl)c(=O)n(C3CCCC3)c2n1. The summed E-state index contributed by atoms with van der Waals surface area (Å²) in [6.45, 7) is 15.0. The molecular weight excluding hydrogens is 864 g/mol. The number of rotatable bonds is 14. The number of halogens is 1. The molecule has 2 heterocycles. The number of amides is 1. The summed E-state index contributed by atoms with van der Waals surface area (Å²) in [6, 6.07) is 27.6. The van der Waals surface area contributed by atoms with E-state index in [2.05, 4.69) is 86.4 Å². The quantitative estimate of drug-likeness (QED) is 0.0789. The zero-order chi connectivity index (χ0) is 45.9. The number of carbonyl (C=O) groups is 1. The average molecular weight is 928 g/mol. The Balaban J connectivity index is 0.991. The standard InChI is InChI=1S/C50H63ClN4O7SSi/c1-35-31-40(27-28-44(35)55(48(57)62-49(2,3)4)47-52-33-37-32-43(51)46(56)54(45(37)53-47)38-17-14-15-18-38)63(58,59)30-16-29-60-39-25-23-36(24-26-39)34-61-64(50(5,6)7,41-19-10-8-11-20-41)42-21-12-9-13-22-42/h8-13,19-22,27-28,31-33,36,38-39H,14-18,23-26,29-30,34H2,1-7H3. The fourth-order valence-electron chi connectivity index (χ4n) is 9.44. The zero-order valence-corrected chi connectivity index (χ0v) is 40.9. The average Bonchev–Trinajstić information content (AvgIpc) is 3.79. The first-order chi connectivity index (χ1) is 30.4. The molecule has 0 N–H and O–H groups in total. The Bertz CT molecular complexity index is 2540. The van der Waals surface area contributed by atoms with E-state index in [9.17, 15) is 18.0 Å². The topological polar surface area (TPSA) is 130 Å². The molecule has 0 saturated heterocycles. The predicted octanol–water partition coefficient (Wildman–Crippen LogP) is 10.3. The molecule has 11 nitrogen and oxygen atoms in total. The van der Waals surface area contributed by atoms with Crippen LogP contribution in [0.3, 0.4) is 0 Å². The number of hydrogen-bond donors (Lipinski definition) is 0. The van der Waals surface area contributed by atoms with Crippen molar-refractivity contribution < 1.29 is 27.1 Å². The van der Waals surface area contributed by atoms with Crippen molar-refractivity contribution in [2.24, 2.45) is 5.92 Å². The van der Waals surface area contributed by atoms with Crippen LogP contribution in [0.4, 0.5) is 16.4 Å². The number of aromatic nitrogens is 3. The Labute approximate surface area is 384 Å². The van der Waals surface area contributed by atoms with Gasteiger partial charge in [-0.25, -0.2) is 23.1 Å². The van der Waals surface area contributed by atoms with Gasteiger partial charge < -0.3 is 13.9 Å². The van der Waals surface area contributed by atoms with E-state index in [1.807, 2.05) is 0 Å². The Morgan fingerprint density at radius 1 is 0.875 bits per heavy atom. The molecule has 64 heavy (non-hydrogen) atoms. The highest BCUT2D eigenvalue weighted by molar-refractivity contribution is 7.91. The van der Waals surface area contributed by atoms with Gasteiger partial charge in [-0.1, -0.05) is 106 Å². The molecule has 7 rings (SSSR count). The van der Waals surface area contributed by atoms with Crippen molar-refractivity contribution in [3.8, 4) is 0 Å². The van der Waals surface area contributed by atoms with Gasteiger partial charge >= 0.3 is 6.09 Å². The lowest BCUT2D eigenvalue weighted by Gasteiger charge is -2.44. The van der Waals surface area contributed by atoms with Crippen LogP contribution in [0.25, 0.3) is 11.0 Å². The number of ether oxygens (including phenoxy) is 2. The largest absolute Gasteiger partial charge is 0.443 e. The van der Waals surface area contributed by atoms with Crippen molar-refractivity contribution in [3.05, 3.63) is 112 Å². The molecule has 0 spiro atoms. The molecule has 3 aromatic carbocycles. The Morgan fingerprint density at radius 2 is 1.50 bits per heavy atom. The maximum Gasteiger partial charge on any atom is 0.421 e. The van der Waals surface area contributed by atoms with Gasteiger partial charge in [0.15, 0.2) is 9.84 Å². The smallest absolute Gasteiger partial charge is 0.421 e. The highest BCUT2D eigenvalue weighted by Gasteiger charge is 2.50. The summed E-state index contributed by atoms with van der Waals surface area (Å²) >= 11 is 6.37. The number of sulfone groups is 1. The molecular formula is C50H63ClN4O7SSi. The van der Waals surface area contributed by atoms with Crippen LogP contribution in [0.1, 0.15) is 111 Å². The number of hydrogen-bond acceptors (Lipinski definition) is 9. The zero-order valence-electron chi connectivity index (χ0n) is 38.3. The molecule has 0 aliphatic heterocycles. The van der Waals surface area contributed by atoms with Crippen LogP contribution in [0.5, 0.6) is 0 Å². The molecule has 2 saturated carbocycles. The number of nitrogens with zero attached hydrogens (tertiary/aromatic N) is 4. The third kappa shape index (κ3) is 10.5. The van der Waals surface area contributed by atoms with Crippen LogP contribution in [0.2, 0.25) is 10.1 Å². The van der Waals surface area contributed by atoms with E-state index in [1.54, 1.807) is 56.7 Å². The highest BCUT2D eigenvalue weighted by Crippen LogP contribution is 2.39. The van der Waals surface area contributed by atoms with Crippen molar-refractivity contribution in [3.63, 3.8) is 0 Å². The molecule has 5 aromatic rings. The third-order valence-electron chi connectivity index (χ3n) is 12.6. The third-order valence-corrected chi connectivity index (χ3v) is 19.7. The molecule has 2 fully saturated rings. The van der Waals surface area contributed by atoms with E-state index in [4.69, 9.17) is 30.5 Å². The molecule has 0 atom stereocenters. The van der Waals surface area contributed by atoms with Gasteiger partial charge in [-0.05, 0) is 124 Å². The Morgan fingerprint density at radius 3 is 2.08 bits per heavy atom. The van der Waals surface area contributed by atoms with Gasteiger partial charge in [0.1, 0.15) is 16.3 Å². The number of fused-ring (bicyclic) bond motifs is 1. The summed E-state index contributed by atoms with van der Waals surface area (Å²) in [4.78, 5) is 38.0. The minimum Gasteiger partial charge on any atom is -0.443 e. The highest BCUT2D eigenvalue weighted by atomic mass is 35.5. The van der Waals surface area contributed by atoms with E-state index < -0.39 is 29.8 Å². The van der Waals surface area contributed by atoms with Gasteiger partial charge in [-0.15, -0.1) is 0 Å². The van der Waals surface area contributed by atoms with E-state index in [1.165, 1.54) is 21.3 Å². The Hall–Kier alpha value is -4.40. The maximum absolute atomic E-state index is 13.9. The summed E-state index contributed by atoms with van der Waals surface area (Å²) in [7, 11) is -6.31. The van der Waals surface area contributed by atoms with E-state index >= 15 is 0 Å². The lowest BCUT2D eigenvalue weighted by molar-refractivity contribution is 0.0129. The van der Waals surface area contributed by atoms with Crippen LogP contribution in [0.15, 0.2) is 101 Å². The number of anilines is 2. The first-order valence-electron chi connectivity index (χ1n) is 22.7. The monoisotopic (exact) mass is 926 g/mol. The number of aryl methyl sites for hydroxylation is 1. The van der Waals surface area contributed by atoms with Crippen molar-refractivity contribution in [1.82, 2.24) is 14.5 Å². The van der Waals surface area contributed by atoms with Crippen molar-refractivity contribution in [2.45, 2.75) is 134 Å². The molecule has 0 radical (unpaired) electrons. The van der Waals surface area contributed by atoms with Gasteiger partial charge in [0.2, 0.25) is 5.95 Å². The van der Waals surface area contributed by atoms with Crippen LogP contribution in [-0.2, 0) is 23.7 Å². The fourth-order valence-corrected chi connectivity index (χ4v) is 15.7. The second kappa shape index (κ2) is 19.6. The summed E-state index contributed by atoms with van der Waals surface area (Å²) in [5.74, 6) is 0.329. The summed E-state index contributed by atoms with van der Waals surface area (Å²) < 4.78 is 48.4. The lowest BCUT2D eigenvalue weighted by atomic mass is 9.88. The lowest BCUT2D eigenvalue weighted by Crippen LogP contribution is -2.67. The molecule has 14 heteroatoms. The summed E-state index contributed by atoms with van der Waals surface area (Å²) in [5.41, 5.74) is 0.0297. The minimum absolute atomic E-state index is 0.00752. The predicted molar refractivity (Wildman–Crippen MR) is 258 cm³/mol. The Kier molecular flexibility index (Phi) is 14.6. The van der Waals surface area contributed by atoms with E-state index in [-0.39, 0.29) is 44.4 Å². The molecule has 342 valence electrons. The molecule has 2 aromatic heterocycles. The van der Waals surface area contributed by atoms with Crippen LogP contribution in [-0.4, -0.2) is 68.0 Å². The second-order valence-corrected chi connectivity index (χ2v) is 26.3. The van der Waals surface area contributed by atoms with Crippen LogP contribution in [0, 0.1) is 12.8 Å². The minimum atomic E-state index is -3.69. The van der Waals surface area contributed by atoms with Crippen molar-refractivity contribution in [2.75, 3.05) is 23.9 Å². The maximum atomic E-state index is 13.9. The van der Waals surface area contributed by atoms with Crippen molar-refractivity contribution >= 4 is 68.9 Å². The molecule has 2 aliphatic rings. The second-order valence-electron chi connectivity index (χ2n) is 19.5. The van der Waals surface area contributed by atoms with E-state index in [0.717, 1.165) is 51.4 Å². The molecule has 0 bridgehead atoms. The van der Waals surface area contributed by atoms with Crippen LogP contribution >= 0.6 is 11.6 Å². The van der Waals surface area contributed by atoms with Gasteiger partial charge in [-0.2, -0.15) is 4.98 Å². The number of pyridine rings is 1. The number of benzene rings is 3. The van der Waals surface area contributed by atoms with E-state index in [0.29, 0.717) is 47.8 Å². The van der Waals surface area contributed by atoms with Crippen LogP contribution < -0.4 is 20.8 Å². The molecule has 2 aliphatic carbocycles. The van der Waals surface area contributed by atoms with Gasteiger partial charge in [0, 0.05) is 30.8 Å².